The van der Waals surface area contributed by atoms with Gasteiger partial charge in [-0.15, -0.1) is 0 Å². The molecule has 0 bridgehead atoms. The van der Waals surface area contributed by atoms with Crippen LogP contribution in [0.5, 0.6) is 5.75 Å². The SMILES string of the molecule is CCCCOc1c(-c2ccccc2)oc2ccccc2c1=O. The molecule has 0 aliphatic heterocycles. The highest BCUT2D eigenvalue weighted by Crippen LogP contribution is 2.30. The summed E-state index contributed by atoms with van der Waals surface area (Å²) >= 11 is 0. The summed E-state index contributed by atoms with van der Waals surface area (Å²) in [6.45, 7) is 2.60. The highest BCUT2D eigenvalue weighted by Gasteiger charge is 2.17. The van der Waals surface area contributed by atoms with Gasteiger partial charge in [-0.25, -0.2) is 0 Å². The summed E-state index contributed by atoms with van der Waals surface area (Å²) in [7, 11) is 0. The molecule has 1 heterocycles. The quantitative estimate of drug-likeness (QED) is 0.644. The maximum absolute atomic E-state index is 12.7. The fourth-order valence-electron chi connectivity index (χ4n) is 2.35. The molecule has 112 valence electrons. The first-order valence-electron chi connectivity index (χ1n) is 7.55. The molecule has 3 rings (SSSR count). The number of ether oxygens (including phenoxy) is 1. The van der Waals surface area contributed by atoms with Gasteiger partial charge in [0.25, 0.3) is 0 Å². The predicted octanol–water partition coefficient (Wildman–Crippen LogP) is 4.64. The van der Waals surface area contributed by atoms with Crippen LogP contribution in [0.1, 0.15) is 19.8 Å². The highest BCUT2D eigenvalue weighted by atomic mass is 16.5. The van der Waals surface area contributed by atoms with Crippen molar-refractivity contribution >= 4 is 11.0 Å². The van der Waals surface area contributed by atoms with Gasteiger partial charge >= 0.3 is 0 Å². The van der Waals surface area contributed by atoms with Crippen LogP contribution >= 0.6 is 0 Å². The van der Waals surface area contributed by atoms with E-state index in [0.717, 1.165) is 18.4 Å². The number of para-hydroxylation sites is 1. The molecule has 0 N–H and O–H groups in total. The largest absolute Gasteiger partial charge is 0.486 e. The van der Waals surface area contributed by atoms with Crippen LogP contribution in [0.25, 0.3) is 22.3 Å². The first kappa shape index (κ1) is 14.4. The summed E-state index contributed by atoms with van der Waals surface area (Å²) in [5.41, 5.74) is 1.31. The van der Waals surface area contributed by atoms with Crippen LogP contribution < -0.4 is 10.2 Å². The third kappa shape index (κ3) is 2.75. The Morgan fingerprint density at radius 1 is 1.00 bits per heavy atom. The summed E-state index contributed by atoms with van der Waals surface area (Å²) in [4.78, 5) is 12.7. The number of benzene rings is 2. The molecular weight excluding hydrogens is 276 g/mol. The van der Waals surface area contributed by atoms with Gasteiger partial charge in [-0.3, -0.25) is 4.79 Å². The Morgan fingerprint density at radius 2 is 1.73 bits per heavy atom. The average Bonchev–Trinajstić information content (AvgIpc) is 2.57. The Morgan fingerprint density at radius 3 is 2.50 bits per heavy atom. The van der Waals surface area contributed by atoms with E-state index in [9.17, 15) is 4.79 Å². The minimum atomic E-state index is -0.114. The van der Waals surface area contributed by atoms with Gasteiger partial charge in [0.1, 0.15) is 5.58 Å². The Labute approximate surface area is 129 Å². The van der Waals surface area contributed by atoms with E-state index in [1.54, 1.807) is 12.1 Å². The van der Waals surface area contributed by atoms with E-state index in [2.05, 4.69) is 6.92 Å². The molecule has 0 spiro atoms. The second kappa shape index (κ2) is 6.48. The van der Waals surface area contributed by atoms with Crippen LogP contribution in [-0.2, 0) is 0 Å². The van der Waals surface area contributed by atoms with Crippen molar-refractivity contribution in [3.05, 3.63) is 64.8 Å². The first-order chi connectivity index (χ1) is 10.8. The number of fused-ring (bicyclic) bond motifs is 1. The van der Waals surface area contributed by atoms with Crippen molar-refractivity contribution in [1.82, 2.24) is 0 Å². The average molecular weight is 294 g/mol. The van der Waals surface area contributed by atoms with E-state index in [0.29, 0.717) is 29.1 Å². The van der Waals surface area contributed by atoms with Crippen molar-refractivity contribution in [2.75, 3.05) is 6.61 Å². The van der Waals surface area contributed by atoms with E-state index in [-0.39, 0.29) is 5.43 Å². The highest BCUT2D eigenvalue weighted by molar-refractivity contribution is 5.81. The molecule has 0 radical (unpaired) electrons. The van der Waals surface area contributed by atoms with Crippen molar-refractivity contribution < 1.29 is 9.15 Å². The zero-order valence-electron chi connectivity index (χ0n) is 12.5. The molecule has 0 saturated carbocycles. The number of rotatable bonds is 5. The molecule has 0 saturated heterocycles. The van der Waals surface area contributed by atoms with E-state index >= 15 is 0 Å². The Hall–Kier alpha value is -2.55. The van der Waals surface area contributed by atoms with Crippen LogP contribution in [-0.4, -0.2) is 6.61 Å². The van der Waals surface area contributed by atoms with Gasteiger partial charge in [0.15, 0.2) is 5.76 Å². The van der Waals surface area contributed by atoms with Gasteiger partial charge in [0, 0.05) is 5.56 Å². The van der Waals surface area contributed by atoms with E-state index in [4.69, 9.17) is 9.15 Å². The van der Waals surface area contributed by atoms with Crippen LogP contribution in [0, 0.1) is 0 Å². The van der Waals surface area contributed by atoms with Gasteiger partial charge < -0.3 is 9.15 Å². The van der Waals surface area contributed by atoms with Crippen LogP contribution in [0.3, 0.4) is 0 Å². The third-order valence-corrected chi connectivity index (χ3v) is 3.54. The number of hydrogen-bond donors (Lipinski definition) is 0. The Kier molecular flexibility index (Phi) is 4.24. The zero-order chi connectivity index (χ0) is 15.4. The lowest BCUT2D eigenvalue weighted by molar-refractivity contribution is 0.301. The van der Waals surface area contributed by atoms with Crippen LogP contribution in [0.2, 0.25) is 0 Å². The second-order valence-corrected chi connectivity index (χ2v) is 5.15. The van der Waals surface area contributed by atoms with E-state index in [1.165, 1.54) is 0 Å². The fraction of sp³-hybridized carbons (Fsp3) is 0.211. The third-order valence-electron chi connectivity index (χ3n) is 3.54. The van der Waals surface area contributed by atoms with Gasteiger partial charge in [0.05, 0.1) is 12.0 Å². The lowest BCUT2D eigenvalue weighted by atomic mass is 10.1. The van der Waals surface area contributed by atoms with Gasteiger partial charge in [0.2, 0.25) is 11.2 Å². The maximum atomic E-state index is 12.7. The summed E-state index contributed by atoms with van der Waals surface area (Å²) in [5.74, 6) is 0.804. The predicted molar refractivity (Wildman–Crippen MR) is 88.3 cm³/mol. The fourth-order valence-corrected chi connectivity index (χ4v) is 2.35. The molecule has 1 aromatic heterocycles. The summed E-state index contributed by atoms with van der Waals surface area (Å²) in [6, 6.07) is 16.9. The van der Waals surface area contributed by atoms with Crippen LogP contribution in [0.15, 0.2) is 63.8 Å². The lowest BCUT2D eigenvalue weighted by Gasteiger charge is -2.11. The standard InChI is InChI=1S/C19H18O3/c1-2-3-13-21-19-17(20)15-11-7-8-12-16(15)22-18(19)14-9-5-4-6-10-14/h4-12H,2-3,13H2,1H3. The van der Waals surface area contributed by atoms with Crippen molar-refractivity contribution in [3.8, 4) is 17.1 Å². The van der Waals surface area contributed by atoms with E-state index in [1.807, 2.05) is 42.5 Å². The molecule has 3 nitrogen and oxygen atoms in total. The molecule has 0 fully saturated rings. The van der Waals surface area contributed by atoms with Crippen LogP contribution in [0.4, 0.5) is 0 Å². The molecule has 0 atom stereocenters. The molecule has 3 aromatic rings. The first-order valence-corrected chi connectivity index (χ1v) is 7.55. The normalized spacial score (nSPS) is 10.8. The van der Waals surface area contributed by atoms with Crippen molar-refractivity contribution in [3.63, 3.8) is 0 Å². The van der Waals surface area contributed by atoms with Gasteiger partial charge in [-0.2, -0.15) is 0 Å². The lowest BCUT2D eigenvalue weighted by Crippen LogP contribution is -2.11. The Balaban J connectivity index is 2.19. The minimum Gasteiger partial charge on any atom is -0.486 e. The van der Waals surface area contributed by atoms with Crippen molar-refractivity contribution in [2.24, 2.45) is 0 Å². The van der Waals surface area contributed by atoms with E-state index < -0.39 is 0 Å². The van der Waals surface area contributed by atoms with Crippen molar-refractivity contribution in [1.29, 1.82) is 0 Å². The molecular formula is C19H18O3. The second-order valence-electron chi connectivity index (χ2n) is 5.15. The molecule has 22 heavy (non-hydrogen) atoms. The molecule has 2 aromatic carbocycles. The molecule has 0 unspecified atom stereocenters. The van der Waals surface area contributed by atoms with Crippen molar-refractivity contribution in [2.45, 2.75) is 19.8 Å². The molecule has 0 aliphatic rings. The monoisotopic (exact) mass is 294 g/mol. The summed E-state index contributed by atoms with van der Waals surface area (Å²) < 4.78 is 11.7. The molecule has 3 heteroatoms. The van der Waals surface area contributed by atoms with Gasteiger partial charge in [-0.1, -0.05) is 55.8 Å². The zero-order valence-corrected chi connectivity index (χ0v) is 12.5. The van der Waals surface area contributed by atoms with Gasteiger partial charge in [-0.05, 0) is 18.6 Å². The summed E-state index contributed by atoms with van der Waals surface area (Å²) in [5, 5.41) is 0.550. The smallest absolute Gasteiger partial charge is 0.235 e. The topological polar surface area (TPSA) is 39.4 Å². The number of unbranched alkanes of at least 4 members (excludes halogenated alkanes) is 1. The Bertz CT molecular complexity index is 819. The number of hydrogen-bond acceptors (Lipinski definition) is 3. The minimum absolute atomic E-state index is 0.114. The molecule has 0 amide bonds. The molecule has 0 aliphatic carbocycles. The maximum Gasteiger partial charge on any atom is 0.235 e. The summed E-state index contributed by atoms with van der Waals surface area (Å²) in [6.07, 6.45) is 1.92.